The first-order valence-electron chi connectivity index (χ1n) is 20.3. The van der Waals surface area contributed by atoms with Crippen LogP contribution in [-0.2, 0) is 40.8 Å². The second kappa shape index (κ2) is 16.0. The molecule has 0 aliphatic heterocycles. The molecule has 1 unspecified atom stereocenters. The van der Waals surface area contributed by atoms with Crippen molar-refractivity contribution in [2.24, 2.45) is 13.0 Å². The van der Waals surface area contributed by atoms with Gasteiger partial charge >= 0.3 is 0 Å². The highest BCUT2D eigenvalue weighted by Crippen LogP contribution is 2.68. The molecule has 4 heterocycles. The minimum atomic E-state index is -3.92. The number of benzene rings is 3. The van der Waals surface area contributed by atoms with Gasteiger partial charge in [0.05, 0.1) is 50.5 Å². The van der Waals surface area contributed by atoms with E-state index >= 15 is 13.6 Å². The first-order valence-corrected chi connectivity index (χ1v) is 22.6. The van der Waals surface area contributed by atoms with Crippen molar-refractivity contribution in [1.82, 2.24) is 44.4 Å². The molecule has 0 saturated heterocycles. The van der Waals surface area contributed by atoms with Crippen LogP contribution in [0, 0.1) is 17.6 Å². The van der Waals surface area contributed by atoms with Crippen molar-refractivity contribution in [3.05, 3.63) is 122 Å². The largest absolute Gasteiger partial charge is 0.344 e. The molecule has 1 fully saturated rings. The zero-order chi connectivity index (χ0) is 46.4. The number of sulfonamides is 1. The van der Waals surface area contributed by atoms with E-state index in [2.05, 4.69) is 25.2 Å². The monoisotopic (exact) mass is 938 g/mol. The molecule has 4 atom stereocenters. The van der Waals surface area contributed by atoms with Gasteiger partial charge in [-0.05, 0) is 66.8 Å². The summed E-state index contributed by atoms with van der Waals surface area (Å²) in [6, 6.07) is 10.3. The summed E-state index contributed by atoms with van der Waals surface area (Å²) in [7, 11) is -2.46. The molecular formula is C43H37ClF6N10O4S. The highest BCUT2D eigenvalue weighted by molar-refractivity contribution is 7.92. The first kappa shape index (κ1) is 43.9. The molecule has 2 N–H and O–H groups in total. The lowest BCUT2D eigenvalue weighted by atomic mass is 10.0. The summed E-state index contributed by atoms with van der Waals surface area (Å²) in [5, 5.41) is 10.9. The topological polar surface area (TPSA) is 172 Å². The van der Waals surface area contributed by atoms with Gasteiger partial charge in [0, 0.05) is 48.7 Å². The summed E-state index contributed by atoms with van der Waals surface area (Å²) < 4.78 is 119. The molecule has 65 heavy (non-hydrogen) atoms. The van der Waals surface area contributed by atoms with Crippen molar-refractivity contribution in [2.75, 3.05) is 11.0 Å². The third-order valence-corrected chi connectivity index (χ3v) is 12.7. The minimum absolute atomic E-state index is 0.00650. The average molecular weight is 939 g/mol. The van der Waals surface area contributed by atoms with Gasteiger partial charge in [-0.3, -0.25) is 28.2 Å². The Morgan fingerprint density at radius 1 is 1.03 bits per heavy atom. The number of alkyl halides is 4. The van der Waals surface area contributed by atoms with Crippen LogP contribution in [0.1, 0.15) is 85.2 Å². The Hall–Kier alpha value is -6.35. The van der Waals surface area contributed by atoms with E-state index in [1.54, 1.807) is 24.4 Å². The quantitative estimate of drug-likeness (QED) is 0.109. The van der Waals surface area contributed by atoms with Gasteiger partial charge in [-0.2, -0.15) is 19.0 Å². The van der Waals surface area contributed by atoms with E-state index in [0.717, 1.165) is 29.4 Å². The second-order valence-corrected chi connectivity index (χ2v) is 18.5. The van der Waals surface area contributed by atoms with Crippen molar-refractivity contribution in [3.63, 3.8) is 0 Å². The third-order valence-electron chi connectivity index (χ3n) is 11.8. The number of hydrogen-bond donors (Lipinski definition) is 2. The fraction of sp³-hybridized carbons (Fsp3) is 0.326. The van der Waals surface area contributed by atoms with Gasteiger partial charge in [-0.25, -0.2) is 40.9 Å². The van der Waals surface area contributed by atoms with Crippen molar-refractivity contribution in [1.29, 1.82) is 0 Å². The summed E-state index contributed by atoms with van der Waals surface area (Å²) in [5.74, 6) is -8.46. The average Bonchev–Trinajstić information content (AvgIpc) is 3.78. The first-order chi connectivity index (χ1) is 30.7. The lowest BCUT2D eigenvalue weighted by molar-refractivity contribution is -0.123. The number of hydrogen-bond acceptors (Lipinski definition) is 9. The van der Waals surface area contributed by atoms with Crippen LogP contribution in [0.3, 0.4) is 0 Å². The van der Waals surface area contributed by atoms with E-state index in [1.165, 1.54) is 29.9 Å². The zero-order valence-corrected chi connectivity index (χ0v) is 36.3. The maximum atomic E-state index is 15.6. The van der Waals surface area contributed by atoms with E-state index in [0.29, 0.717) is 27.8 Å². The van der Waals surface area contributed by atoms with Crippen LogP contribution in [0.2, 0.25) is 5.02 Å². The van der Waals surface area contributed by atoms with Crippen LogP contribution in [0.4, 0.5) is 32.2 Å². The fourth-order valence-electron chi connectivity index (χ4n) is 8.69. The molecule has 2 aliphatic rings. The van der Waals surface area contributed by atoms with Gasteiger partial charge in [0.15, 0.2) is 5.82 Å². The molecule has 0 radical (unpaired) electrons. The number of anilines is 1. The smallest absolute Gasteiger partial charge is 0.293 e. The van der Waals surface area contributed by atoms with Crippen LogP contribution < -0.4 is 15.6 Å². The Labute approximate surface area is 370 Å². The Balaban J connectivity index is 1.26. The number of amides is 1. The zero-order valence-electron chi connectivity index (χ0n) is 34.8. The summed E-state index contributed by atoms with van der Waals surface area (Å²) in [6.45, 7) is 2.97. The molecule has 14 nitrogen and oxygen atoms in total. The molecule has 338 valence electrons. The Morgan fingerprint density at radius 2 is 1.77 bits per heavy atom. The molecule has 9 rings (SSSR count). The van der Waals surface area contributed by atoms with Gasteiger partial charge in [0.1, 0.15) is 41.2 Å². The predicted molar refractivity (Wildman–Crippen MR) is 228 cm³/mol. The van der Waals surface area contributed by atoms with Gasteiger partial charge in [0.2, 0.25) is 15.9 Å². The maximum Gasteiger partial charge on any atom is 0.293 e. The Bertz CT molecular complexity index is 3270. The number of aromatic nitrogens is 8. The number of carbonyl (C=O) groups excluding carboxylic acids is 1. The highest BCUT2D eigenvalue weighted by atomic mass is 35.5. The van der Waals surface area contributed by atoms with Gasteiger partial charge in [-0.15, -0.1) is 0 Å². The van der Waals surface area contributed by atoms with Gasteiger partial charge in [-0.1, -0.05) is 31.5 Å². The molecule has 22 heteroatoms. The van der Waals surface area contributed by atoms with Crippen LogP contribution >= 0.6 is 11.6 Å². The van der Waals surface area contributed by atoms with Crippen molar-refractivity contribution >= 4 is 55.2 Å². The predicted octanol–water partition coefficient (Wildman–Crippen LogP) is 7.99. The van der Waals surface area contributed by atoms with Crippen LogP contribution in [0.15, 0.2) is 65.6 Å². The number of nitrogens with one attached hydrogen (secondary N) is 2. The van der Waals surface area contributed by atoms with Gasteiger partial charge in [0.25, 0.3) is 17.9 Å². The molecule has 1 amide bonds. The SMILES string of the molecule is CCC(C)c1nccc(-c2ccc3c(=O)n(-c4ccc(Cl)c5c(NS(C)(=O)=O)nn(C)c45)c([C@H](Cc4cc(F)cc(F)c4)NC(=O)Cn4nc(C(F)F)c5c4C(F)(F)[C@@H]4C[C@H]54)nc3c2)n1. The van der Waals surface area contributed by atoms with E-state index < -0.39 is 87.7 Å². The number of nitrogens with zero attached hydrogens (tertiary/aromatic N) is 8. The standard InChI is InChI=1S/C43H37ClF6N10O4S/c1-5-19(2)39-51-11-10-28(53-39)21-6-7-24-29(15-21)54-41(60(42(24)62)31-9-8-27(44)34-36(31)58(3)56-40(34)57-65(4,63)64)30(14-20-12-22(45)16-23(46)13-20)52-32(61)18-59-37-33(35(55-59)38(47)48)25-17-26(25)43(37,49)50/h6-13,15-16,19,25-26,30,38H,5,14,17-18H2,1-4H3,(H,52,61)(H,56,57)/t19?,25-,26+,30-/m0/s1. The summed E-state index contributed by atoms with van der Waals surface area (Å²) in [6.07, 6.45) is -0.424. The highest BCUT2D eigenvalue weighted by Gasteiger charge is 2.67. The lowest BCUT2D eigenvalue weighted by Crippen LogP contribution is -2.38. The molecule has 4 aromatic heterocycles. The van der Waals surface area contributed by atoms with Gasteiger partial charge < -0.3 is 5.32 Å². The van der Waals surface area contributed by atoms with E-state index in [4.69, 9.17) is 21.6 Å². The molecule has 0 bridgehead atoms. The molecular weight excluding hydrogens is 902 g/mol. The maximum absolute atomic E-state index is 15.6. The van der Waals surface area contributed by atoms with E-state index in [-0.39, 0.29) is 67.6 Å². The van der Waals surface area contributed by atoms with Crippen LogP contribution in [0.25, 0.3) is 38.8 Å². The Kier molecular flexibility index (Phi) is 10.8. The summed E-state index contributed by atoms with van der Waals surface area (Å²) >= 11 is 6.65. The van der Waals surface area contributed by atoms with E-state index in [1.807, 2.05) is 13.8 Å². The van der Waals surface area contributed by atoms with Crippen molar-refractivity contribution in [3.8, 4) is 16.9 Å². The molecule has 1 saturated carbocycles. The molecule has 7 aromatic rings. The molecule has 3 aromatic carbocycles. The molecule has 2 aliphatic carbocycles. The number of aryl methyl sites for hydroxylation is 1. The fourth-order valence-corrected chi connectivity index (χ4v) is 9.43. The number of rotatable bonds is 13. The normalized spacial score (nSPS) is 17.4. The van der Waals surface area contributed by atoms with Crippen LogP contribution in [0.5, 0.6) is 0 Å². The second-order valence-electron chi connectivity index (χ2n) is 16.4. The van der Waals surface area contributed by atoms with E-state index in [9.17, 15) is 30.8 Å². The number of fused-ring (bicyclic) bond motifs is 5. The minimum Gasteiger partial charge on any atom is -0.344 e. The Morgan fingerprint density at radius 3 is 2.46 bits per heavy atom. The third kappa shape index (κ3) is 7.87. The van der Waals surface area contributed by atoms with Crippen molar-refractivity contribution < 1.29 is 39.6 Å². The lowest BCUT2D eigenvalue weighted by Gasteiger charge is -2.24. The summed E-state index contributed by atoms with van der Waals surface area (Å²) in [4.78, 5) is 43.4. The summed E-state index contributed by atoms with van der Waals surface area (Å²) in [5.41, 5.74) is -1.48. The molecule has 0 spiro atoms. The number of halogens is 7. The number of carbonyl (C=O) groups is 1. The van der Waals surface area contributed by atoms with Crippen LogP contribution in [-0.4, -0.2) is 59.7 Å². The van der Waals surface area contributed by atoms with Crippen molar-refractivity contribution in [2.45, 2.75) is 69.9 Å².